The normalized spacial score (nSPS) is 35.4. The van der Waals surface area contributed by atoms with Crippen LogP contribution >= 0.6 is 0 Å². The molecule has 2 aliphatic rings. The van der Waals surface area contributed by atoms with Gasteiger partial charge in [0.15, 0.2) is 5.60 Å². The van der Waals surface area contributed by atoms with Gasteiger partial charge in [-0.1, -0.05) is 0 Å². The third-order valence-corrected chi connectivity index (χ3v) is 3.94. The van der Waals surface area contributed by atoms with E-state index in [1.54, 1.807) is 6.92 Å². The Bertz CT molecular complexity index is 422. The summed E-state index contributed by atoms with van der Waals surface area (Å²) in [5, 5.41) is 21.6. The molecule has 7 nitrogen and oxygen atoms in total. The minimum absolute atomic E-state index is 0.0800. The number of nitrogens with zero attached hydrogens (tertiary/aromatic N) is 2. The van der Waals surface area contributed by atoms with E-state index in [4.69, 9.17) is 4.74 Å². The van der Waals surface area contributed by atoms with Gasteiger partial charge in [0, 0.05) is 17.3 Å². The second-order valence-corrected chi connectivity index (χ2v) is 5.06. The van der Waals surface area contributed by atoms with Crippen LogP contribution in [0.1, 0.15) is 32.6 Å². The van der Waals surface area contributed by atoms with Crippen molar-refractivity contribution < 1.29 is 19.6 Å². The third-order valence-electron chi connectivity index (χ3n) is 3.94. The Kier molecular flexibility index (Phi) is 3.84. The number of aliphatic imine (C=N–C) groups is 1. The molecule has 0 heterocycles. The van der Waals surface area contributed by atoms with Crippen molar-refractivity contribution in [2.75, 3.05) is 13.2 Å². The highest BCUT2D eigenvalue weighted by molar-refractivity contribution is 5.98. The molecular weight excluding hydrogens is 252 g/mol. The van der Waals surface area contributed by atoms with Gasteiger partial charge in [-0.15, -0.1) is 0 Å². The van der Waals surface area contributed by atoms with E-state index >= 15 is 0 Å². The summed E-state index contributed by atoms with van der Waals surface area (Å²) in [4.78, 5) is 26.0. The molecule has 2 saturated carbocycles. The molecule has 0 aliphatic heterocycles. The molecule has 3 atom stereocenters. The summed E-state index contributed by atoms with van der Waals surface area (Å²) in [6, 6.07) is -0.999. The molecule has 0 spiro atoms. The lowest BCUT2D eigenvalue weighted by atomic mass is 9.82. The Hall–Kier alpha value is -1.50. The fraction of sp³-hybridized carbons (Fsp3) is 0.833. The zero-order valence-corrected chi connectivity index (χ0v) is 10.9. The number of aliphatic hydroxyl groups is 1. The van der Waals surface area contributed by atoms with Gasteiger partial charge >= 0.3 is 5.97 Å². The number of ether oxygens (including phenoxy) is 1. The Labute approximate surface area is 110 Å². The van der Waals surface area contributed by atoms with Gasteiger partial charge in [-0.05, 0) is 26.2 Å². The van der Waals surface area contributed by atoms with Gasteiger partial charge < -0.3 is 9.84 Å². The van der Waals surface area contributed by atoms with Crippen LogP contribution in [0, 0.1) is 16.0 Å². The Morgan fingerprint density at radius 3 is 3.05 bits per heavy atom. The van der Waals surface area contributed by atoms with Gasteiger partial charge in [0.2, 0.25) is 6.04 Å². The fourth-order valence-corrected chi connectivity index (χ4v) is 3.15. The van der Waals surface area contributed by atoms with Crippen LogP contribution in [0.15, 0.2) is 4.99 Å². The van der Waals surface area contributed by atoms with Gasteiger partial charge in [0.05, 0.1) is 12.3 Å². The topological polar surface area (TPSA) is 102 Å². The van der Waals surface area contributed by atoms with Crippen molar-refractivity contribution in [2.45, 2.75) is 44.2 Å². The van der Waals surface area contributed by atoms with Crippen LogP contribution < -0.4 is 0 Å². The molecule has 19 heavy (non-hydrogen) atoms. The molecule has 0 aromatic rings. The summed E-state index contributed by atoms with van der Waals surface area (Å²) in [7, 11) is 0. The SMILES string of the molecule is CCOC(=O)CN=C1[C@H]2CCC[C@]1(O)[C@@H]([N+](=O)[O-])C2. The standard InChI is InChI=1S/C12H18N2O5/c1-2-19-10(15)7-13-11-8-4-3-5-12(11,16)9(6-8)14(17)18/h8-9,16H,2-7H2,1H3/t8-,9-,12-/m0/s1. The van der Waals surface area contributed by atoms with Crippen molar-refractivity contribution in [3.8, 4) is 0 Å². The molecule has 0 saturated heterocycles. The largest absolute Gasteiger partial charge is 0.465 e. The predicted molar refractivity (Wildman–Crippen MR) is 66.6 cm³/mol. The van der Waals surface area contributed by atoms with Crippen LogP contribution in [0.5, 0.6) is 0 Å². The zero-order chi connectivity index (χ0) is 14.0. The molecule has 2 rings (SSSR count). The molecule has 0 unspecified atom stereocenters. The predicted octanol–water partition coefficient (Wildman–Crippen LogP) is 0.571. The van der Waals surface area contributed by atoms with Crippen LogP contribution in [-0.4, -0.2) is 46.5 Å². The van der Waals surface area contributed by atoms with Gasteiger partial charge in [0.25, 0.3) is 0 Å². The van der Waals surface area contributed by atoms with Gasteiger partial charge in [-0.2, -0.15) is 0 Å². The lowest BCUT2D eigenvalue weighted by Crippen LogP contribution is -2.49. The van der Waals surface area contributed by atoms with E-state index in [1.807, 2.05) is 0 Å². The monoisotopic (exact) mass is 270 g/mol. The van der Waals surface area contributed by atoms with E-state index in [9.17, 15) is 20.0 Å². The third kappa shape index (κ3) is 2.47. The van der Waals surface area contributed by atoms with Crippen LogP contribution in [0.4, 0.5) is 0 Å². The molecule has 2 fully saturated rings. The molecule has 106 valence electrons. The minimum atomic E-state index is -1.47. The number of hydrogen-bond acceptors (Lipinski definition) is 6. The summed E-state index contributed by atoms with van der Waals surface area (Å²) in [6.45, 7) is 1.80. The summed E-state index contributed by atoms with van der Waals surface area (Å²) >= 11 is 0. The number of nitro groups is 1. The number of carbonyl (C=O) groups is 1. The van der Waals surface area contributed by atoms with Crippen molar-refractivity contribution in [1.29, 1.82) is 0 Å². The van der Waals surface area contributed by atoms with E-state index in [-0.39, 0.29) is 19.1 Å². The summed E-state index contributed by atoms with van der Waals surface area (Å²) in [5.41, 5.74) is -1.05. The van der Waals surface area contributed by atoms with E-state index in [1.165, 1.54) is 0 Å². The Morgan fingerprint density at radius 2 is 2.42 bits per heavy atom. The minimum Gasteiger partial charge on any atom is -0.465 e. The second kappa shape index (κ2) is 5.24. The first kappa shape index (κ1) is 13.9. The number of fused-ring (bicyclic) bond motifs is 2. The smallest absolute Gasteiger partial charge is 0.327 e. The molecule has 2 aliphatic carbocycles. The average Bonchev–Trinajstić information content (AvgIpc) is 2.50. The molecule has 0 aromatic carbocycles. The lowest BCUT2D eigenvalue weighted by molar-refractivity contribution is -0.538. The maximum atomic E-state index is 11.3. The van der Waals surface area contributed by atoms with E-state index in [0.29, 0.717) is 18.6 Å². The average molecular weight is 270 g/mol. The van der Waals surface area contributed by atoms with Crippen LogP contribution in [0.25, 0.3) is 0 Å². The first-order valence-electron chi connectivity index (χ1n) is 6.55. The molecule has 2 bridgehead atoms. The number of esters is 1. The Morgan fingerprint density at radius 1 is 1.68 bits per heavy atom. The Balaban J connectivity index is 2.18. The number of hydrogen-bond donors (Lipinski definition) is 1. The van der Waals surface area contributed by atoms with E-state index < -0.39 is 22.5 Å². The fourth-order valence-electron chi connectivity index (χ4n) is 3.15. The first-order chi connectivity index (χ1) is 8.99. The summed E-state index contributed by atoms with van der Waals surface area (Å²) in [5.74, 6) is -0.551. The van der Waals surface area contributed by atoms with Crippen LogP contribution in [0.2, 0.25) is 0 Å². The molecule has 7 heteroatoms. The van der Waals surface area contributed by atoms with Crippen molar-refractivity contribution in [1.82, 2.24) is 0 Å². The quantitative estimate of drug-likeness (QED) is 0.457. The highest BCUT2D eigenvalue weighted by Crippen LogP contribution is 2.44. The van der Waals surface area contributed by atoms with Crippen molar-refractivity contribution in [2.24, 2.45) is 10.9 Å². The van der Waals surface area contributed by atoms with Gasteiger partial charge in [-0.3, -0.25) is 19.9 Å². The zero-order valence-electron chi connectivity index (χ0n) is 10.9. The van der Waals surface area contributed by atoms with E-state index in [2.05, 4.69) is 4.99 Å². The van der Waals surface area contributed by atoms with Gasteiger partial charge in [0.1, 0.15) is 6.54 Å². The molecular formula is C12H18N2O5. The molecule has 0 radical (unpaired) electrons. The lowest BCUT2D eigenvalue weighted by Gasteiger charge is -2.29. The highest BCUT2D eigenvalue weighted by atomic mass is 16.6. The van der Waals surface area contributed by atoms with Crippen LogP contribution in [-0.2, 0) is 9.53 Å². The second-order valence-electron chi connectivity index (χ2n) is 5.06. The number of rotatable bonds is 4. The van der Waals surface area contributed by atoms with Crippen molar-refractivity contribution in [3.63, 3.8) is 0 Å². The molecule has 0 aromatic heterocycles. The number of carbonyl (C=O) groups excluding carboxylic acids is 1. The first-order valence-corrected chi connectivity index (χ1v) is 6.55. The maximum Gasteiger partial charge on any atom is 0.327 e. The van der Waals surface area contributed by atoms with Crippen LogP contribution in [0.3, 0.4) is 0 Å². The molecule has 0 amide bonds. The molecule has 1 N–H and O–H groups in total. The maximum absolute atomic E-state index is 11.3. The van der Waals surface area contributed by atoms with Gasteiger partial charge in [-0.25, -0.2) is 0 Å². The summed E-state index contributed by atoms with van der Waals surface area (Å²) < 4.78 is 4.77. The van der Waals surface area contributed by atoms with E-state index in [0.717, 1.165) is 12.8 Å². The highest BCUT2D eigenvalue weighted by Gasteiger charge is 2.60. The van der Waals surface area contributed by atoms with Crippen molar-refractivity contribution >= 4 is 11.7 Å². The summed E-state index contributed by atoms with van der Waals surface area (Å²) in [6.07, 6.45) is 2.19. The van der Waals surface area contributed by atoms with Crippen molar-refractivity contribution in [3.05, 3.63) is 10.1 Å².